The van der Waals surface area contributed by atoms with Crippen molar-refractivity contribution in [1.82, 2.24) is 15.1 Å². The number of carbonyl (C=O) groups is 2. The van der Waals surface area contributed by atoms with Crippen LogP contribution in [0.25, 0.3) is 0 Å². The summed E-state index contributed by atoms with van der Waals surface area (Å²) in [6, 6.07) is 1.88. The Bertz CT molecular complexity index is 514. The lowest BCUT2D eigenvalue weighted by atomic mass is 10.2. The molecular weight excluding hydrogens is 302 g/mol. The second kappa shape index (κ2) is 7.11. The minimum atomic E-state index is -0.152. The number of ether oxygens (including phenoxy) is 1. The molecular formula is C15H21N3O3S. The summed E-state index contributed by atoms with van der Waals surface area (Å²) in [5.41, 5.74) is 1.13. The maximum Gasteiger partial charge on any atom is 0.317 e. The van der Waals surface area contributed by atoms with Gasteiger partial charge in [-0.15, -0.1) is 0 Å². The van der Waals surface area contributed by atoms with Crippen molar-refractivity contribution in [3.05, 3.63) is 22.4 Å². The minimum absolute atomic E-state index is 0.0150. The average Bonchev–Trinajstić information content (AvgIpc) is 3.23. The van der Waals surface area contributed by atoms with Crippen LogP contribution in [0.1, 0.15) is 18.4 Å². The van der Waals surface area contributed by atoms with Crippen LogP contribution in [0.5, 0.6) is 0 Å². The monoisotopic (exact) mass is 323 g/mol. The smallest absolute Gasteiger partial charge is 0.317 e. The first kappa shape index (κ1) is 15.3. The Labute approximate surface area is 134 Å². The van der Waals surface area contributed by atoms with E-state index in [9.17, 15) is 9.59 Å². The number of carbonyl (C=O) groups excluding carboxylic acids is 2. The SMILES string of the molecule is O=C(CN1CCNC1=O)N(Cc1ccsc1)CC1CCCO1. The van der Waals surface area contributed by atoms with Gasteiger partial charge in [0, 0.05) is 32.8 Å². The van der Waals surface area contributed by atoms with Crippen LogP contribution in [-0.4, -0.2) is 60.6 Å². The lowest BCUT2D eigenvalue weighted by Crippen LogP contribution is -2.44. The molecule has 120 valence electrons. The highest BCUT2D eigenvalue weighted by molar-refractivity contribution is 7.07. The fraction of sp³-hybridized carbons (Fsp3) is 0.600. The minimum Gasteiger partial charge on any atom is -0.376 e. The van der Waals surface area contributed by atoms with Crippen molar-refractivity contribution in [2.24, 2.45) is 0 Å². The van der Waals surface area contributed by atoms with E-state index in [1.165, 1.54) is 0 Å². The Balaban J connectivity index is 1.63. The molecule has 0 saturated carbocycles. The molecule has 2 fully saturated rings. The zero-order valence-corrected chi connectivity index (χ0v) is 13.3. The predicted octanol–water partition coefficient (Wildman–Crippen LogP) is 1.28. The van der Waals surface area contributed by atoms with Crippen molar-refractivity contribution in [2.75, 3.05) is 32.8 Å². The topological polar surface area (TPSA) is 61.9 Å². The summed E-state index contributed by atoms with van der Waals surface area (Å²) in [5.74, 6) is -0.0150. The number of amides is 3. The van der Waals surface area contributed by atoms with Crippen molar-refractivity contribution in [2.45, 2.75) is 25.5 Å². The quantitative estimate of drug-likeness (QED) is 0.858. The van der Waals surface area contributed by atoms with Crippen LogP contribution in [0.4, 0.5) is 4.79 Å². The zero-order valence-electron chi connectivity index (χ0n) is 12.5. The molecule has 6 nitrogen and oxygen atoms in total. The number of nitrogens with zero attached hydrogens (tertiary/aromatic N) is 2. The normalized spacial score (nSPS) is 21.2. The molecule has 0 spiro atoms. The van der Waals surface area contributed by atoms with E-state index in [0.29, 0.717) is 26.2 Å². The second-order valence-electron chi connectivity index (χ2n) is 5.69. The van der Waals surface area contributed by atoms with E-state index in [4.69, 9.17) is 4.74 Å². The van der Waals surface area contributed by atoms with Gasteiger partial charge < -0.3 is 19.9 Å². The summed E-state index contributed by atoms with van der Waals surface area (Å²) < 4.78 is 5.66. The van der Waals surface area contributed by atoms with E-state index in [2.05, 4.69) is 10.7 Å². The van der Waals surface area contributed by atoms with Gasteiger partial charge in [-0.2, -0.15) is 11.3 Å². The molecule has 1 N–H and O–H groups in total. The lowest BCUT2D eigenvalue weighted by Gasteiger charge is -2.27. The summed E-state index contributed by atoms with van der Waals surface area (Å²) >= 11 is 1.63. The molecule has 3 rings (SSSR count). The maximum absolute atomic E-state index is 12.6. The number of hydrogen-bond donors (Lipinski definition) is 1. The number of nitrogens with one attached hydrogen (secondary N) is 1. The van der Waals surface area contributed by atoms with Gasteiger partial charge in [-0.05, 0) is 35.2 Å². The molecule has 0 bridgehead atoms. The van der Waals surface area contributed by atoms with E-state index in [-0.39, 0.29) is 24.6 Å². The highest BCUT2D eigenvalue weighted by Gasteiger charge is 2.27. The third kappa shape index (κ3) is 3.78. The third-order valence-electron chi connectivity index (χ3n) is 4.03. The van der Waals surface area contributed by atoms with Gasteiger partial charge in [0.2, 0.25) is 5.91 Å². The molecule has 22 heavy (non-hydrogen) atoms. The first-order chi connectivity index (χ1) is 10.7. The van der Waals surface area contributed by atoms with Gasteiger partial charge in [0.05, 0.1) is 6.10 Å². The highest BCUT2D eigenvalue weighted by atomic mass is 32.1. The molecule has 0 aliphatic carbocycles. The van der Waals surface area contributed by atoms with Crippen LogP contribution in [0, 0.1) is 0 Å². The number of thiophene rings is 1. The molecule has 1 aromatic heterocycles. The Kier molecular flexibility index (Phi) is 4.94. The predicted molar refractivity (Wildman–Crippen MR) is 83.7 cm³/mol. The second-order valence-corrected chi connectivity index (χ2v) is 6.47. The van der Waals surface area contributed by atoms with Gasteiger partial charge in [0.25, 0.3) is 0 Å². The van der Waals surface area contributed by atoms with E-state index in [1.54, 1.807) is 16.2 Å². The van der Waals surface area contributed by atoms with E-state index in [1.807, 2.05) is 16.3 Å². The van der Waals surface area contributed by atoms with Crippen molar-refractivity contribution in [1.29, 1.82) is 0 Å². The highest BCUT2D eigenvalue weighted by Crippen LogP contribution is 2.16. The molecule has 0 aromatic carbocycles. The van der Waals surface area contributed by atoms with Crippen LogP contribution in [0.2, 0.25) is 0 Å². The molecule has 1 aromatic rings. The summed E-state index contributed by atoms with van der Waals surface area (Å²) in [7, 11) is 0. The number of urea groups is 1. The van der Waals surface area contributed by atoms with Crippen LogP contribution in [0.3, 0.4) is 0 Å². The lowest BCUT2D eigenvalue weighted by molar-refractivity contribution is -0.133. The average molecular weight is 323 g/mol. The van der Waals surface area contributed by atoms with Crippen molar-refractivity contribution < 1.29 is 14.3 Å². The molecule has 1 atom stereocenters. The summed E-state index contributed by atoms with van der Waals surface area (Å²) in [6.07, 6.45) is 2.17. The molecule has 2 aliphatic heterocycles. The molecule has 3 heterocycles. The standard InChI is InChI=1S/C15H21N3O3S/c19-14(10-17-5-4-16-15(17)20)18(8-12-3-7-22-11-12)9-13-2-1-6-21-13/h3,7,11,13H,1-2,4-6,8-10H2,(H,16,20). The first-order valence-corrected chi connectivity index (χ1v) is 8.60. The molecule has 2 aliphatic rings. The van der Waals surface area contributed by atoms with E-state index >= 15 is 0 Å². The van der Waals surface area contributed by atoms with Crippen LogP contribution >= 0.6 is 11.3 Å². The largest absolute Gasteiger partial charge is 0.376 e. The maximum atomic E-state index is 12.6. The molecule has 0 radical (unpaired) electrons. The zero-order chi connectivity index (χ0) is 15.4. The van der Waals surface area contributed by atoms with Crippen LogP contribution in [-0.2, 0) is 16.1 Å². The molecule has 3 amide bonds. The molecule has 1 unspecified atom stereocenters. The number of hydrogen-bond acceptors (Lipinski definition) is 4. The fourth-order valence-corrected chi connectivity index (χ4v) is 3.48. The van der Waals surface area contributed by atoms with Gasteiger partial charge in [0.1, 0.15) is 6.54 Å². The number of rotatable bonds is 6. The molecule has 7 heteroatoms. The van der Waals surface area contributed by atoms with Crippen molar-refractivity contribution >= 4 is 23.3 Å². The van der Waals surface area contributed by atoms with Gasteiger partial charge in [-0.25, -0.2) is 4.79 Å². The van der Waals surface area contributed by atoms with E-state index < -0.39 is 0 Å². The van der Waals surface area contributed by atoms with Crippen LogP contribution < -0.4 is 5.32 Å². The fourth-order valence-electron chi connectivity index (χ4n) is 2.82. The summed E-state index contributed by atoms with van der Waals surface area (Å²) in [6.45, 7) is 3.31. The first-order valence-electron chi connectivity index (χ1n) is 7.65. The van der Waals surface area contributed by atoms with Crippen molar-refractivity contribution in [3.63, 3.8) is 0 Å². The van der Waals surface area contributed by atoms with E-state index in [0.717, 1.165) is 25.0 Å². The Morgan fingerprint density at radius 1 is 1.55 bits per heavy atom. The Hall–Kier alpha value is -1.60. The van der Waals surface area contributed by atoms with Gasteiger partial charge in [-0.1, -0.05) is 0 Å². The Morgan fingerprint density at radius 3 is 3.09 bits per heavy atom. The van der Waals surface area contributed by atoms with Crippen LogP contribution in [0.15, 0.2) is 16.8 Å². The van der Waals surface area contributed by atoms with Gasteiger partial charge in [0.15, 0.2) is 0 Å². The van der Waals surface area contributed by atoms with Gasteiger partial charge in [-0.3, -0.25) is 4.79 Å². The Morgan fingerprint density at radius 2 is 2.45 bits per heavy atom. The third-order valence-corrected chi connectivity index (χ3v) is 4.76. The van der Waals surface area contributed by atoms with Gasteiger partial charge >= 0.3 is 6.03 Å². The van der Waals surface area contributed by atoms with Crippen molar-refractivity contribution in [3.8, 4) is 0 Å². The summed E-state index contributed by atoms with van der Waals surface area (Å²) in [5, 5.41) is 6.79. The molecule has 2 saturated heterocycles. The summed E-state index contributed by atoms with van der Waals surface area (Å²) in [4.78, 5) is 27.6.